The van der Waals surface area contributed by atoms with Crippen LogP contribution in [0.15, 0.2) is 0 Å². The van der Waals surface area contributed by atoms with E-state index in [4.69, 9.17) is 19.8 Å². The summed E-state index contributed by atoms with van der Waals surface area (Å²) in [7, 11) is 0. The largest absolute Gasteiger partial charge is 0.473 e. The third-order valence-electron chi connectivity index (χ3n) is 2.18. The molecule has 0 spiro atoms. The normalized spacial score (nSPS) is 10.8. The molecule has 0 aliphatic heterocycles. The third-order valence-corrected chi connectivity index (χ3v) is 15.2. The van der Waals surface area contributed by atoms with Gasteiger partial charge in [0.2, 0.25) is 4.75 Å². The summed E-state index contributed by atoms with van der Waals surface area (Å²) in [5.41, 5.74) is 0. The molecule has 6 nitrogen and oxygen atoms in total. The van der Waals surface area contributed by atoms with E-state index in [1.54, 1.807) is 11.4 Å². The van der Waals surface area contributed by atoms with Crippen LogP contribution in [-0.4, -0.2) is 65.0 Å². The van der Waals surface area contributed by atoms with Crippen LogP contribution < -0.4 is 0 Å². The van der Waals surface area contributed by atoms with Gasteiger partial charge in [-0.1, -0.05) is 48.0 Å². The predicted octanol–water partition coefficient (Wildman–Crippen LogP) is 3.05. The zero-order valence-corrected chi connectivity index (χ0v) is 15.4. The first-order valence-electron chi connectivity index (χ1n) is 5.80. The quantitative estimate of drug-likeness (QED) is 0.498. The van der Waals surface area contributed by atoms with Gasteiger partial charge in [-0.2, -0.15) is 0 Å². The lowest BCUT2D eigenvalue weighted by Gasteiger charge is -2.18. The lowest BCUT2D eigenvalue weighted by molar-refractivity contribution is -0.159. The van der Waals surface area contributed by atoms with Crippen molar-refractivity contribution in [1.82, 2.24) is 4.90 Å². The summed E-state index contributed by atoms with van der Waals surface area (Å²) in [6.07, 6.45) is 3.86. The van der Waals surface area contributed by atoms with Crippen LogP contribution in [-0.2, 0) is 14.2 Å². The minimum absolute atomic E-state index is 0.973. The molecule has 120 valence electrons. The number of hydrogen-bond acceptors (Lipinski definition) is 7. The fourth-order valence-electron chi connectivity index (χ4n) is 1.00. The van der Waals surface area contributed by atoms with Gasteiger partial charge in [-0.3, -0.25) is 4.57 Å². The number of rotatable bonds is 8. The Morgan fingerprint density at radius 1 is 1.05 bits per heavy atom. The highest BCUT2D eigenvalue weighted by Crippen LogP contribution is 2.76. The van der Waals surface area contributed by atoms with Crippen molar-refractivity contribution in [3.05, 3.63) is 0 Å². The summed E-state index contributed by atoms with van der Waals surface area (Å²) in [5, 5.41) is 14.8. The van der Waals surface area contributed by atoms with E-state index in [1.165, 1.54) is 22.8 Å². The average molecular weight is 363 g/mol. The van der Waals surface area contributed by atoms with Crippen LogP contribution in [0.4, 0.5) is 0 Å². The van der Waals surface area contributed by atoms with E-state index in [0.29, 0.717) is 0 Å². The predicted molar refractivity (Wildman–Crippen MR) is 90.2 cm³/mol. The highest BCUT2D eigenvalue weighted by molar-refractivity contribution is 9.14. The molecule has 0 atom stereocenters. The monoisotopic (exact) mass is 363 g/mol. The molecule has 20 heavy (non-hydrogen) atoms. The summed E-state index contributed by atoms with van der Waals surface area (Å²) in [5.74, 6) is -2.68. The highest BCUT2D eigenvalue weighted by atomic mass is 33.4. The van der Waals surface area contributed by atoms with E-state index in [0.717, 1.165) is 25.4 Å². The van der Waals surface area contributed by atoms with Crippen LogP contribution in [0, 0.1) is 0 Å². The Kier molecular flexibility index (Phi) is 14.5. The van der Waals surface area contributed by atoms with Crippen molar-refractivity contribution in [3.63, 3.8) is 0 Å². The summed E-state index contributed by atoms with van der Waals surface area (Å²) in [4.78, 5) is 20.6. The van der Waals surface area contributed by atoms with Gasteiger partial charge in [0.15, 0.2) is 0 Å². The van der Waals surface area contributed by atoms with Crippen LogP contribution in [0.3, 0.4) is 0 Å². The first-order valence-corrected chi connectivity index (χ1v) is 12.8. The number of aliphatic carboxylic acids is 2. The van der Waals surface area contributed by atoms with Gasteiger partial charge < -0.3 is 15.1 Å². The molecule has 0 saturated carbocycles. The van der Waals surface area contributed by atoms with Crippen LogP contribution in [0.1, 0.15) is 13.8 Å². The van der Waals surface area contributed by atoms with Gasteiger partial charge in [-0.15, -0.1) is 0 Å². The molecule has 0 heterocycles. The van der Waals surface area contributed by atoms with Gasteiger partial charge in [0.25, 0.3) is 0 Å². The summed E-state index contributed by atoms with van der Waals surface area (Å²) < 4.78 is 9.94. The topological polar surface area (TPSA) is 94.9 Å². The third kappa shape index (κ3) is 12.0. The zero-order valence-electron chi connectivity index (χ0n) is 12.1. The van der Waals surface area contributed by atoms with Gasteiger partial charge >= 0.3 is 11.9 Å². The van der Waals surface area contributed by atoms with E-state index in [1.807, 2.05) is 12.5 Å². The maximum atomic E-state index is 12.0. The van der Waals surface area contributed by atoms with E-state index >= 15 is 0 Å². The highest BCUT2D eigenvalue weighted by Gasteiger charge is 2.19. The van der Waals surface area contributed by atoms with Crippen LogP contribution in [0.5, 0.6) is 0 Å². The Balaban J connectivity index is 0. The maximum absolute atomic E-state index is 12.0. The molecule has 0 aromatic heterocycles. The van der Waals surface area contributed by atoms with Crippen molar-refractivity contribution >= 4 is 50.8 Å². The molecule has 0 aromatic rings. The Hall–Kier alpha value is 0.180. The molecule has 0 unspecified atom stereocenters. The van der Waals surface area contributed by atoms with Crippen molar-refractivity contribution in [2.75, 3.05) is 37.9 Å². The van der Waals surface area contributed by atoms with E-state index < -0.39 is 16.7 Å². The smallest absolute Gasteiger partial charge is 0.414 e. The average Bonchev–Trinajstić information content (AvgIpc) is 2.44. The van der Waals surface area contributed by atoms with Gasteiger partial charge in [0.05, 0.1) is 0 Å². The summed E-state index contributed by atoms with van der Waals surface area (Å²) in [6, 6.07) is 0. The second-order valence-corrected chi connectivity index (χ2v) is 15.2. The molecule has 0 aromatic carbocycles. The molecule has 0 saturated heterocycles. The molecule has 0 aliphatic rings. The standard InChI is InChI=1S/C8H20NOPS3.C2H2O4/c1-5-9(6-2)7-8-14-11(10,12-3)13-4;3-1(4)2(5)6/h5-8H2,1-4H3;(H,3,4)(H,5,6). The zero-order chi connectivity index (χ0) is 16.2. The van der Waals surface area contributed by atoms with Crippen molar-refractivity contribution in [2.45, 2.75) is 13.8 Å². The van der Waals surface area contributed by atoms with E-state index in [2.05, 4.69) is 18.7 Å². The van der Waals surface area contributed by atoms with Gasteiger partial charge in [-0.05, 0) is 25.6 Å². The summed E-state index contributed by atoms with van der Waals surface area (Å²) >= 11 is 4.63. The SMILES string of the molecule is CCN(CC)CCSP(=O)(SC)SC.O=C(O)C(=O)O. The minimum Gasteiger partial charge on any atom is -0.473 e. The molecule has 10 heteroatoms. The Morgan fingerprint density at radius 2 is 1.45 bits per heavy atom. The number of carbonyl (C=O) groups is 2. The fourth-order valence-corrected chi connectivity index (χ4v) is 8.50. The first kappa shape index (κ1) is 22.5. The van der Waals surface area contributed by atoms with Crippen LogP contribution in [0.2, 0.25) is 0 Å². The molecule has 0 amide bonds. The first-order chi connectivity index (χ1) is 9.26. The van der Waals surface area contributed by atoms with Crippen LogP contribution >= 0.6 is 38.9 Å². The number of nitrogens with zero attached hydrogens (tertiary/aromatic N) is 1. The Labute approximate surface area is 132 Å². The summed E-state index contributed by atoms with van der Waals surface area (Å²) in [6.45, 7) is 7.54. The molecular formula is C10H22NO5PS3. The Morgan fingerprint density at radius 3 is 1.70 bits per heavy atom. The second kappa shape index (κ2) is 12.9. The number of hydrogen-bond donors (Lipinski definition) is 2. The second-order valence-electron chi connectivity index (χ2n) is 3.28. The Bertz CT molecular complexity index is 319. The van der Waals surface area contributed by atoms with Gasteiger partial charge in [0.1, 0.15) is 0 Å². The van der Waals surface area contributed by atoms with Gasteiger partial charge in [0, 0.05) is 12.3 Å². The molecule has 0 bridgehead atoms. The van der Waals surface area contributed by atoms with E-state index in [9.17, 15) is 4.57 Å². The van der Waals surface area contributed by atoms with Crippen LogP contribution in [0.25, 0.3) is 0 Å². The number of carboxylic acid groups (broad SMARTS) is 2. The lowest BCUT2D eigenvalue weighted by atomic mass is 10.5. The fraction of sp³-hybridized carbons (Fsp3) is 0.800. The lowest BCUT2D eigenvalue weighted by Crippen LogP contribution is -2.25. The van der Waals surface area contributed by atoms with Crippen molar-refractivity contribution < 1.29 is 24.4 Å². The molecule has 0 aliphatic carbocycles. The van der Waals surface area contributed by atoms with Crippen molar-refractivity contribution in [3.8, 4) is 0 Å². The minimum atomic E-state index is -2.03. The molecule has 0 rings (SSSR count). The number of carboxylic acids is 2. The van der Waals surface area contributed by atoms with E-state index in [-0.39, 0.29) is 0 Å². The molecule has 0 radical (unpaired) electrons. The molecule has 0 fully saturated rings. The van der Waals surface area contributed by atoms with Crippen molar-refractivity contribution in [1.29, 1.82) is 0 Å². The van der Waals surface area contributed by atoms with Crippen molar-refractivity contribution in [2.24, 2.45) is 0 Å². The molecular weight excluding hydrogens is 341 g/mol. The molecule has 2 N–H and O–H groups in total. The van der Waals surface area contributed by atoms with Gasteiger partial charge in [-0.25, -0.2) is 9.59 Å². The maximum Gasteiger partial charge on any atom is 0.414 e.